The highest BCUT2D eigenvalue weighted by molar-refractivity contribution is 5.98. The number of rotatable bonds is 7. The minimum absolute atomic E-state index is 0.338. The van der Waals surface area contributed by atoms with Crippen molar-refractivity contribution in [2.45, 2.75) is 25.7 Å². The van der Waals surface area contributed by atoms with Crippen LogP contribution in [0.4, 0.5) is 0 Å². The lowest BCUT2D eigenvalue weighted by Gasteiger charge is -2.30. The Kier molecular flexibility index (Phi) is 6.65. The number of hydrogen-bond acceptors (Lipinski definition) is 5. The minimum Gasteiger partial charge on any atom is -0.493 e. The highest BCUT2D eigenvalue weighted by Crippen LogP contribution is 2.35. The van der Waals surface area contributed by atoms with Gasteiger partial charge in [0.1, 0.15) is 11.4 Å². The van der Waals surface area contributed by atoms with Gasteiger partial charge in [0.15, 0.2) is 22.8 Å². The maximum absolute atomic E-state index is 12.5. The fourth-order valence-corrected chi connectivity index (χ4v) is 4.77. The van der Waals surface area contributed by atoms with E-state index >= 15 is 0 Å². The number of para-hydroxylation sites is 2. The van der Waals surface area contributed by atoms with Gasteiger partial charge < -0.3 is 15.2 Å². The van der Waals surface area contributed by atoms with Gasteiger partial charge in [-0.1, -0.05) is 18.1 Å². The van der Waals surface area contributed by atoms with Gasteiger partial charge in [0.25, 0.3) is 5.91 Å². The zero-order valence-electron chi connectivity index (χ0n) is 20.5. The van der Waals surface area contributed by atoms with Crippen LogP contribution in [0, 0.1) is 11.8 Å². The van der Waals surface area contributed by atoms with Crippen molar-refractivity contribution in [2.24, 2.45) is 5.73 Å². The third-order valence-corrected chi connectivity index (χ3v) is 6.65. The average molecular weight is 484 g/mol. The number of methoxy groups -OCH3 is 1. The zero-order valence-corrected chi connectivity index (χ0v) is 20.5. The number of fused-ring (bicyclic) bond motifs is 1. The fourth-order valence-electron chi connectivity index (χ4n) is 4.77. The number of aromatic nitrogens is 3. The number of piperidine rings is 1. The Morgan fingerprint density at radius 1 is 1.14 bits per heavy atom. The summed E-state index contributed by atoms with van der Waals surface area (Å²) in [5.74, 6) is 7.86. The summed E-state index contributed by atoms with van der Waals surface area (Å²) in [5, 5.41) is 3.21. The van der Waals surface area contributed by atoms with E-state index in [1.807, 2.05) is 61.7 Å². The number of likely N-dealkylation sites (tertiary alicyclic amines) is 1. The van der Waals surface area contributed by atoms with Gasteiger partial charge in [-0.25, -0.2) is 9.50 Å². The molecule has 0 unspecified atom stereocenters. The number of imidazole rings is 1. The number of carbonyl (C=O) groups is 1. The highest BCUT2D eigenvalue weighted by atomic mass is 16.5. The molecule has 1 aliphatic rings. The Balaban J connectivity index is 1.41. The number of nitrogens with one attached hydrogen (secondary N) is 1. The molecule has 8 nitrogen and oxygen atoms in total. The molecule has 0 radical (unpaired) electrons. The summed E-state index contributed by atoms with van der Waals surface area (Å²) in [7, 11) is 1.61. The number of nitrogens with two attached hydrogens (primary N) is 1. The minimum atomic E-state index is -0.534. The number of aromatic amines is 1. The summed E-state index contributed by atoms with van der Waals surface area (Å²) in [6, 6.07) is 14.9. The van der Waals surface area contributed by atoms with Crippen molar-refractivity contribution in [2.75, 3.05) is 26.7 Å². The van der Waals surface area contributed by atoms with E-state index in [0.717, 1.165) is 49.2 Å². The van der Waals surface area contributed by atoms with Crippen molar-refractivity contribution in [1.82, 2.24) is 19.5 Å². The number of nitrogens with zero attached hydrogens (tertiary/aromatic N) is 3. The molecule has 4 aromatic rings. The molecule has 1 amide bonds. The predicted molar refractivity (Wildman–Crippen MR) is 138 cm³/mol. The van der Waals surface area contributed by atoms with Crippen LogP contribution in [0.3, 0.4) is 0 Å². The molecule has 0 atom stereocenters. The number of benzene rings is 2. The summed E-state index contributed by atoms with van der Waals surface area (Å²) in [6.45, 7) is 4.65. The van der Waals surface area contributed by atoms with E-state index < -0.39 is 5.91 Å². The molecular formula is C28H29N5O3. The van der Waals surface area contributed by atoms with Gasteiger partial charge in [-0.3, -0.25) is 14.8 Å². The normalized spacial score (nSPS) is 14.4. The van der Waals surface area contributed by atoms with Crippen LogP contribution >= 0.6 is 0 Å². The molecule has 1 saturated heterocycles. The lowest BCUT2D eigenvalue weighted by Crippen LogP contribution is -2.33. The first-order valence-corrected chi connectivity index (χ1v) is 12.0. The number of primary amides is 1. The second kappa shape index (κ2) is 10.2. The SMILES string of the molecule is CC#CCN1CCC(c2c[nH]n3c(C(N)=O)c(-c4ccc(Oc5ccccc5OC)cc4)nc23)CC1. The molecule has 3 N–H and O–H groups in total. The molecule has 36 heavy (non-hydrogen) atoms. The van der Waals surface area contributed by atoms with Crippen LogP contribution in [0.1, 0.15) is 41.7 Å². The van der Waals surface area contributed by atoms with Gasteiger partial charge in [0.2, 0.25) is 0 Å². The topological polar surface area (TPSA) is 97.9 Å². The molecule has 0 spiro atoms. The Morgan fingerprint density at radius 3 is 2.53 bits per heavy atom. The number of H-pyrrole nitrogens is 1. The van der Waals surface area contributed by atoms with Crippen LogP contribution in [0.2, 0.25) is 0 Å². The number of hydrogen-bond donors (Lipinski definition) is 2. The molecule has 5 rings (SSSR count). The third kappa shape index (κ3) is 4.53. The number of carbonyl (C=O) groups excluding carboxylic acids is 1. The van der Waals surface area contributed by atoms with E-state index in [4.69, 9.17) is 20.2 Å². The Hall–Kier alpha value is -4.22. The fraction of sp³-hybridized carbons (Fsp3) is 0.286. The maximum Gasteiger partial charge on any atom is 0.269 e. The van der Waals surface area contributed by atoms with Crippen molar-refractivity contribution in [3.8, 4) is 40.3 Å². The third-order valence-electron chi connectivity index (χ3n) is 6.65. The Labute approximate surface area is 210 Å². The second-order valence-electron chi connectivity index (χ2n) is 8.82. The van der Waals surface area contributed by atoms with Gasteiger partial charge >= 0.3 is 0 Å². The van der Waals surface area contributed by atoms with E-state index in [9.17, 15) is 4.79 Å². The molecule has 2 aromatic heterocycles. The van der Waals surface area contributed by atoms with E-state index in [1.165, 1.54) is 0 Å². The van der Waals surface area contributed by atoms with Crippen molar-refractivity contribution in [3.05, 3.63) is 66.0 Å². The quantitative estimate of drug-likeness (QED) is 0.379. The smallest absolute Gasteiger partial charge is 0.269 e. The van der Waals surface area contributed by atoms with Crippen molar-refractivity contribution < 1.29 is 14.3 Å². The van der Waals surface area contributed by atoms with E-state index in [0.29, 0.717) is 34.6 Å². The molecule has 2 aromatic carbocycles. The first-order valence-electron chi connectivity index (χ1n) is 12.0. The van der Waals surface area contributed by atoms with Crippen LogP contribution in [-0.4, -0.2) is 52.1 Å². The van der Waals surface area contributed by atoms with Crippen LogP contribution < -0.4 is 15.2 Å². The van der Waals surface area contributed by atoms with Gasteiger partial charge in [-0.05, 0) is 75.2 Å². The molecule has 1 aliphatic heterocycles. The van der Waals surface area contributed by atoms with Gasteiger partial charge in [0, 0.05) is 17.3 Å². The maximum atomic E-state index is 12.5. The van der Waals surface area contributed by atoms with E-state index in [1.54, 1.807) is 11.6 Å². The summed E-state index contributed by atoms with van der Waals surface area (Å²) in [5.41, 5.74) is 9.34. The van der Waals surface area contributed by atoms with Crippen LogP contribution in [-0.2, 0) is 0 Å². The Bertz CT molecular complexity index is 1430. The first kappa shape index (κ1) is 23.5. The van der Waals surface area contributed by atoms with Gasteiger partial charge in [-0.2, -0.15) is 0 Å². The van der Waals surface area contributed by atoms with Crippen molar-refractivity contribution in [1.29, 1.82) is 0 Å². The summed E-state index contributed by atoms with van der Waals surface area (Å²) in [4.78, 5) is 19.7. The summed E-state index contributed by atoms with van der Waals surface area (Å²) < 4.78 is 13.1. The highest BCUT2D eigenvalue weighted by Gasteiger charge is 2.27. The largest absolute Gasteiger partial charge is 0.493 e. The lowest BCUT2D eigenvalue weighted by molar-refractivity contribution is 0.0994. The molecule has 0 aliphatic carbocycles. The second-order valence-corrected chi connectivity index (χ2v) is 8.82. The van der Waals surface area contributed by atoms with Crippen LogP contribution in [0.25, 0.3) is 16.9 Å². The van der Waals surface area contributed by atoms with Gasteiger partial charge in [-0.15, -0.1) is 5.92 Å². The standard InChI is InChI=1S/C28H29N5O3/c1-3-4-15-32-16-13-19(14-17-32)22-18-30-33-26(27(29)34)25(31-28(22)33)20-9-11-21(12-10-20)36-24-8-6-5-7-23(24)35-2/h5-12,18-19,30H,13-17H2,1-2H3,(H2,29,34). The van der Waals surface area contributed by atoms with Crippen molar-refractivity contribution in [3.63, 3.8) is 0 Å². The average Bonchev–Trinajstić information content (AvgIpc) is 3.48. The first-order chi connectivity index (χ1) is 17.6. The zero-order chi connectivity index (χ0) is 25.1. The van der Waals surface area contributed by atoms with E-state index in [2.05, 4.69) is 21.8 Å². The molecule has 3 heterocycles. The molecular weight excluding hydrogens is 454 g/mol. The number of amides is 1. The van der Waals surface area contributed by atoms with Gasteiger partial charge in [0.05, 0.1) is 13.7 Å². The van der Waals surface area contributed by atoms with Crippen LogP contribution in [0.15, 0.2) is 54.7 Å². The van der Waals surface area contributed by atoms with E-state index in [-0.39, 0.29) is 0 Å². The molecule has 0 saturated carbocycles. The molecule has 1 fully saturated rings. The number of ether oxygens (including phenoxy) is 2. The predicted octanol–water partition coefficient (Wildman–Crippen LogP) is 4.43. The van der Waals surface area contributed by atoms with Crippen molar-refractivity contribution >= 4 is 11.6 Å². The molecule has 0 bridgehead atoms. The molecule has 8 heteroatoms. The summed E-state index contributed by atoms with van der Waals surface area (Å²) >= 11 is 0. The monoisotopic (exact) mass is 483 g/mol. The molecule has 184 valence electrons. The lowest BCUT2D eigenvalue weighted by atomic mass is 9.91. The Morgan fingerprint density at radius 2 is 1.86 bits per heavy atom. The van der Waals surface area contributed by atoms with Crippen LogP contribution in [0.5, 0.6) is 17.2 Å². The summed E-state index contributed by atoms with van der Waals surface area (Å²) in [6.07, 6.45) is 3.99.